The van der Waals surface area contributed by atoms with E-state index in [-0.39, 0.29) is 0 Å². The lowest BCUT2D eigenvalue weighted by Crippen LogP contribution is -2.17. The Hall–Kier alpha value is -0.770. The Labute approximate surface area is 76.5 Å². The molecule has 0 aliphatic carbocycles. The summed E-state index contributed by atoms with van der Waals surface area (Å²) in [7, 11) is 1.91. The lowest BCUT2D eigenvalue weighted by molar-refractivity contribution is 0.382. The maximum atomic E-state index is 5.52. The van der Waals surface area contributed by atoms with Gasteiger partial charge in [0.25, 0.3) is 5.95 Å². The fourth-order valence-corrected chi connectivity index (χ4v) is 0.886. The number of hydrogen-bond donors (Lipinski definition) is 0. The molecule has 1 aromatic heterocycles. The van der Waals surface area contributed by atoms with E-state index in [4.69, 9.17) is 16.1 Å². The Bertz CT molecular complexity index is 238. The third-order valence-corrected chi connectivity index (χ3v) is 1.77. The number of rotatable bonds is 4. The van der Waals surface area contributed by atoms with Gasteiger partial charge in [-0.2, -0.15) is 4.98 Å². The molecule has 0 bridgehead atoms. The summed E-state index contributed by atoms with van der Waals surface area (Å²) in [5.41, 5.74) is 0. The Balaban J connectivity index is 2.63. The average molecular weight is 190 g/mol. The first-order valence-electron chi connectivity index (χ1n) is 3.87. The van der Waals surface area contributed by atoms with E-state index in [9.17, 15) is 0 Å². The van der Waals surface area contributed by atoms with E-state index in [0.717, 1.165) is 6.54 Å². The first kappa shape index (κ1) is 9.32. The molecule has 1 aromatic rings. The molecule has 0 spiro atoms. The largest absolute Gasteiger partial charge is 0.342 e. The lowest BCUT2D eigenvalue weighted by atomic mass is 10.5. The SMILES string of the molecule is CCN(C)c1noc(CCCl)n1. The molecular formula is C7H12ClN3O. The van der Waals surface area contributed by atoms with Gasteiger partial charge in [-0.05, 0) is 12.1 Å². The maximum absolute atomic E-state index is 5.52. The molecule has 0 N–H and O–H groups in total. The van der Waals surface area contributed by atoms with Crippen molar-refractivity contribution in [3.8, 4) is 0 Å². The van der Waals surface area contributed by atoms with Gasteiger partial charge in [-0.3, -0.25) is 0 Å². The predicted molar refractivity (Wildman–Crippen MR) is 47.7 cm³/mol. The van der Waals surface area contributed by atoms with Crippen molar-refractivity contribution < 1.29 is 4.52 Å². The minimum atomic E-state index is 0.511. The van der Waals surface area contributed by atoms with Gasteiger partial charge in [0.1, 0.15) is 0 Å². The number of aryl methyl sites for hydroxylation is 1. The van der Waals surface area contributed by atoms with Crippen LogP contribution in [0.1, 0.15) is 12.8 Å². The second-order valence-corrected chi connectivity index (χ2v) is 2.82. The van der Waals surface area contributed by atoms with Crippen LogP contribution < -0.4 is 4.90 Å². The minimum Gasteiger partial charge on any atom is -0.342 e. The van der Waals surface area contributed by atoms with E-state index in [0.29, 0.717) is 24.1 Å². The smallest absolute Gasteiger partial charge is 0.265 e. The summed E-state index contributed by atoms with van der Waals surface area (Å²) in [5.74, 6) is 1.73. The van der Waals surface area contributed by atoms with Gasteiger partial charge in [-0.15, -0.1) is 11.6 Å². The van der Waals surface area contributed by atoms with Gasteiger partial charge in [-0.1, -0.05) is 0 Å². The van der Waals surface area contributed by atoms with E-state index in [1.807, 2.05) is 18.9 Å². The molecule has 4 nitrogen and oxygen atoms in total. The van der Waals surface area contributed by atoms with Crippen molar-refractivity contribution >= 4 is 17.5 Å². The summed E-state index contributed by atoms with van der Waals surface area (Å²) in [6.07, 6.45) is 0.631. The first-order valence-corrected chi connectivity index (χ1v) is 4.41. The van der Waals surface area contributed by atoms with Crippen LogP contribution in [-0.2, 0) is 6.42 Å². The number of aromatic nitrogens is 2. The van der Waals surface area contributed by atoms with E-state index < -0.39 is 0 Å². The Kier molecular flexibility index (Phi) is 3.34. The van der Waals surface area contributed by atoms with Gasteiger partial charge in [0.2, 0.25) is 5.89 Å². The first-order chi connectivity index (χ1) is 5.77. The second kappa shape index (κ2) is 4.30. The van der Waals surface area contributed by atoms with Crippen LogP contribution in [0.3, 0.4) is 0 Å². The van der Waals surface area contributed by atoms with E-state index >= 15 is 0 Å². The molecule has 68 valence electrons. The molecule has 12 heavy (non-hydrogen) atoms. The Morgan fingerprint density at radius 3 is 2.92 bits per heavy atom. The molecule has 1 rings (SSSR count). The van der Waals surface area contributed by atoms with Gasteiger partial charge in [0.15, 0.2) is 0 Å². The van der Waals surface area contributed by atoms with Crippen LogP contribution in [0.4, 0.5) is 5.95 Å². The highest BCUT2D eigenvalue weighted by molar-refractivity contribution is 6.17. The molecule has 0 unspecified atom stereocenters. The van der Waals surface area contributed by atoms with Crippen molar-refractivity contribution in [1.82, 2.24) is 10.1 Å². The Morgan fingerprint density at radius 1 is 1.58 bits per heavy atom. The Morgan fingerprint density at radius 2 is 2.33 bits per heavy atom. The number of anilines is 1. The van der Waals surface area contributed by atoms with Gasteiger partial charge in [0.05, 0.1) is 0 Å². The third kappa shape index (κ3) is 2.11. The molecule has 0 amide bonds. The van der Waals surface area contributed by atoms with Crippen molar-refractivity contribution in [2.75, 3.05) is 24.4 Å². The summed E-state index contributed by atoms with van der Waals surface area (Å²) in [4.78, 5) is 6.04. The zero-order valence-corrected chi connectivity index (χ0v) is 8.01. The summed E-state index contributed by atoms with van der Waals surface area (Å²) in [5, 5.41) is 3.79. The highest BCUT2D eigenvalue weighted by Crippen LogP contribution is 2.07. The molecule has 0 radical (unpaired) electrons. The summed E-state index contributed by atoms with van der Waals surface area (Å²) < 4.78 is 4.94. The van der Waals surface area contributed by atoms with Gasteiger partial charge >= 0.3 is 0 Å². The van der Waals surface area contributed by atoms with Crippen LogP contribution in [0, 0.1) is 0 Å². The van der Waals surface area contributed by atoms with Crippen LogP contribution in [0.15, 0.2) is 4.52 Å². The van der Waals surface area contributed by atoms with Crippen LogP contribution >= 0.6 is 11.6 Å². The average Bonchev–Trinajstić information content (AvgIpc) is 2.52. The fourth-order valence-electron chi connectivity index (χ4n) is 0.725. The zero-order valence-electron chi connectivity index (χ0n) is 7.25. The number of nitrogens with zero attached hydrogens (tertiary/aromatic N) is 3. The highest BCUT2D eigenvalue weighted by atomic mass is 35.5. The molecule has 0 saturated heterocycles. The van der Waals surface area contributed by atoms with Gasteiger partial charge in [-0.25, -0.2) is 0 Å². The van der Waals surface area contributed by atoms with Crippen molar-refractivity contribution in [2.24, 2.45) is 0 Å². The topological polar surface area (TPSA) is 42.2 Å². The van der Waals surface area contributed by atoms with E-state index in [1.165, 1.54) is 0 Å². The quantitative estimate of drug-likeness (QED) is 0.670. The van der Waals surface area contributed by atoms with E-state index in [2.05, 4.69) is 10.1 Å². The van der Waals surface area contributed by atoms with E-state index in [1.54, 1.807) is 0 Å². The van der Waals surface area contributed by atoms with Gasteiger partial charge < -0.3 is 9.42 Å². The van der Waals surface area contributed by atoms with Crippen LogP contribution in [-0.4, -0.2) is 29.6 Å². The monoisotopic (exact) mass is 189 g/mol. The van der Waals surface area contributed by atoms with Crippen molar-refractivity contribution in [2.45, 2.75) is 13.3 Å². The fraction of sp³-hybridized carbons (Fsp3) is 0.714. The maximum Gasteiger partial charge on any atom is 0.265 e. The molecule has 0 fully saturated rings. The summed E-state index contributed by atoms with van der Waals surface area (Å²) in [6, 6.07) is 0. The molecule has 5 heteroatoms. The standard InChI is InChI=1S/C7H12ClN3O/c1-3-11(2)7-9-6(4-5-8)12-10-7/h3-5H2,1-2H3. The molecular weight excluding hydrogens is 178 g/mol. The molecule has 0 atom stereocenters. The van der Waals surface area contributed by atoms with Crippen LogP contribution in [0.5, 0.6) is 0 Å². The third-order valence-electron chi connectivity index (χ3n) is 1.58. The van der Waals surface area contributed by atoms with Gasteiger partial charge in [0, 0.05) is 25.9 Å². The van der Waals surface area contributed by atoms with Crippen molar-refractivity contribution in [3.05, 3.63) is 5.89 Å². The normalized spacial score (nSPS) is 10.2. The van der Waals surface area contributed by atoms with Crippen LogP contribution in [0.25, 0.3) is 0 Å². The van der Waals surface area contributed by atoms with Crippen LogP contribution in [0.2, 0.25) is 0 Å². The number of alkyl halides is 1. The molecule has 0 aliphatic heterocycles. The number of hydrogen-bond acceptors (Lipinski definition) is 4. The number of halogens is 1. The summed E-state index contributed by atoms with van der Waals surface area (Å²) >= 11 is 5.52. The zero-order chi connectivity index (χ0) is 8.97. The lowest BCUT2D eigenvalue weighted by Gasteiger charge is -2.08. The highest BCUT2D eigenvalue weighted by Gasteiger charge is 2.07. The molecule has 0 saturated carbocycles. The van der Waals surface area contributed by atoms with Crippen molar-refractivity contribution in [1.29, 1.82) is 0 Å². The second-order valence-electron chi connectivity index (χ2n) is 2.44. The van der Waals surface area contributed by atoms with Crippen molar-refractivity contribution in [3.63, 3.8) is 0 Å². The summed E-state index contributed by atoms with van der Waals surface area (Å²) in [6.45, 7) is 2.89. The molecule has 0 aromatic carbocycles. The predicted octanol–water partition coefficient (Wildman–Crippen LogP) is 1.31. The molecule has 0 aliphatic rings. The molecule has 1 heterocycles. The minimum absolute atomic E-state index is 0.511.